The minimum atomic E-state index is -3.60. The van der Waals surface area contributed by atoms with Crippen LogP contribution in [0.5, 0.6) is 0 Å². The smallest absolute Gasteiger partial charge is 0.246 e. The fraction of sp³-hybridized carbons (Fsp3) is 0.567. The van der Waals surface area contributed by atoms with Crippen LogP contribution < -0.4 is 5.32 Å². The monoisotopic (exact) mass is 541 g/mol. The van der Waals surface area contributed by atoms with E-state index in [1.54, 1.807) is 0 Å². The van der Waals surface area contributed by atoms with Crippen molar-refractivity contribution in [3.63, 3.8) is 0 Å². The van der Waals surface area contributed by atoms with Gasteiger partial charge in [-0.05, 0) is 89.6 Å². The molecular weight excluding hydrogens is 498 g/mol. The molecule has 1 saturated carbocycles. The second-order valence-electron chi connectivity index (χ2n) is 11.3. The number of rotatable bonds is 9. The number of hydrogen-bond donors (Lipinski definition) is 1. The van der Waals surface area contributed by atoms with Gasteiger partial charge in [-0.15, -0.1) is 0 Å². The first-order valence-corrected chi connectivity index (χ1v) is 15.2. The van der Waals surface area contributed by atoms with Gasteiger partial charge < -0.3 is 15.0 Å². The Labute approximate surface area is 228 Å². The third-order valence-corrected chi connectivity index (χ3v) is 10.2. The fourth-order valence-corrected chi connectivity index (χ4v) is 8.34. The topological polar surface area (TPSA) is 78.9 Å². The molecule has 1 aliphatic carbocycles. The van der Waals surface area contributed by atoms with E-state index in [1.165, 1.54) is 9.87 Å². The standard InChI is InChI=1S/C30H43N3O4S/c1-21-17-22(2)30(23(3)18-21)38(35,36)33-16-15-27(19-33)37-20-28(34)31-26-13-11-25(12-14-26)29(32(4)5)24-9-7-6-8-10-24/h6-10,17-18,25-27,29H,11-16,19-20H2,1-5H3,(H,31,34). The molecule has 1 amide bonds. The molecule has 1 heterocycles. The normalized spacial score (nSPS) is 23.5. The van der Waals surface area contributed by atoms with Gasteiger partial charge in [-0.1, -0.05) is 48.0 Å². The number of nitrogens with zero attached hydrogens (tertiary/aromatic N) is 2. The van der Waals surface area contributed by atoms with E-state index < -0.39 is 10.0 Å². The molecular formula is C30H43N3O4S. The molecule has 1 N–H and O–H groups in total. The lowest BCUT2D eigenvalue weighted by molar-refractivity contribution is -0.128. The van der Waals surface area contributed by atoms with E-state index in [-0.39, 0.29) is 31.2 Å². The molecule has 38 heavy (non-hydrogen) atoms. The molecule has 0 spiro atoms. The first-order valence-electron chi connectivity index (χ1n) is 13.8. The Bertz CT molecular complexity index is 1180. The number of nitrogens with one attached hydrogen (secondary N) is 1. The van der Waals surface area contributed by atoms with E-state index in [2.05, 4.69) is 54.6 Å². The van der Waals surface area contributed by atoms with Gasteiger partial charge in [-0.25, -0.2) is 8.42 Å². The van der Waals surface area contributed by atoms with E-state index in [9.17, 15) is 13.2 Å². The predicted octanol–water partition coefficient (Wildman–Crippen LogP) is 4.37. The largest absolute Gasteiger partial charge is 0.367 e. The quantitative estimate of drug-likeness (QED) is 0.510. The van der Waals surface area contributed by atoms with E-state index >= 15 is 0 Å². The highest BCUT2D eigenvalue weighted by atomic mass is 32.2. The number of carbonyl (C=O) groups excluding carboxylic acids is 1. The van der Waals surface area contributed by atoms with Crippen LogP contribution in [-0.2, 0) is 19.6 Å². The van der Waals surface area contributed by atoms with Crippen LogP contribution >= 0.6 is 0 Å². The Hall–Kier alpha value is -2.26. The molecule has 2 aromatic rings. The Kier molecular flexibility index (Phi) is 9.29. The molecule has 8 heteroatoms. The Morgan fingerprint density at radius 1 is 1.03 bits per heavy atom. The summed E-state index contributed by atoms with van der Waals surface area (Å²) < 4.78 is 34.0. The highest BCUT2D eigenvalue weighted by molar-refractivity contribution is 7.89. The third kappa shape index (κ3) is 6.65. The summed E-state index contributed by atoms with van der Waals surface area (Å²) in [5, 5.41) is 3.15. The van der Waals surface area contributed by atoms with Gasteiger partial charge in [0.05, 0.1) is 11.0 Å². The number of hydrogen-bond acceptors (Lipinski definition) is 5. The van der Waals surface area contributed by atoms with Gasteiger partial charge >= 0.3 is 0 Å². The van der Waals surface area contributed by atoms with Crippen LogP contribution in [0.3, 0.4) is 0 Å². The molecule has 0 bridgehead atoms. The minimum absolute atomic E-state index is 0.0363. The number of benzene rings is 2. The number of sulfonamides is 1. The van der Waals surface area contributed by atoms with Gasteiger partial charge in [0.1, 0.15) is 6.61 Å². The number of amides is 1. The maximum Gasteiger partial charge on any atom is 0.246 e. The van der Waals surface area contributed by atoms with Crippen molar-refractivity contribution in [1.82, 2.24) is 14.5 Å². The molecule has 2 aromatic carbocycles. The second kappa shape index (κ2) is 12.3. The number of carbonyl (C=O) groups is 1. The van der Waals surface area contributed by atoms with Gasteiger partial charge in [-0.3, -0.25) is 4.79 Å². The molecule has 2 atom stereocenters. The van der Waals surface area contributed by atoms with Crippen molar-refractivity contribution >= 4 is 15.9 Å². The van der Waals surface area contributed by atoms with Crippen molar-refractivity contribution in [2.75, 3.05) is 33.8 Å². The van der Waals surface area contributed by atoms with Crippen molar-refractivity contribution in [2.45, 2.75) is 76.0 Å². The maximum absolute atomic E-state index is 13.3. The number of ether oxygens (including phenoxy) is 1. The van der Waals surface area contributed by atoms with E-state index in [0.717, 1.165) is 42.4 Å². The summed E-state index contributed by atoms with van der Waals surface area (Å²) in [6.45, 7) is 6.30. The summed E-state index contributed by atoms with van der Waals surface area (Å²) in [6, 6.07) is 15.0. The Morgan fingerprint density at radius 3 is 2.26 bits per heavy atom. The van der Waals surface area contributed by atoms with Crippen molar-refractivity contribution in [3.05, 3.63) is 64.7 Å². The van der Waals surface area contributed by atoms with Crippen LogP contribution in [0.25, 0.3) is 0 Å². The molecule has 0 aromatic heterocycles. The van der Waals surface area contributed by atoms with Crippen LogP contribution in [0.4, 0.5) is 0 Å². The molecule has 1 aliphatic heterocycles. The highest BCUT2D eigenvalue weighted by Crippen LogP contribution is 2.37. The van der Waals surface area contributed by atoms with Gasteiger partial charge in [0.2, 0.25) is 15.9 Å². The zero-order valence-electron chi connectivity index (χ0n) is 23.4. The van der Waals surface area contributed by atoms with Crippen LogP contribution in [0, 0.1) is 26.7 Å². The van der Waals surface area contributed by atoms with Gasteiger partial charge in [0.15, 0.2) is 0 Å². The van der Waals surface area contributed by atoms with Crippen molar-refractivity contribution in [3.8, 4) is 0 Å². The Balaban J connectivity index is 1.24. The summed E-state index contributed by atoms with van der Waals surface area (Å²) in [4.78, 5) is 15.4. The van der Waals surface area contributed by atoms with E-state index in [1.807, 2.05) is 32.9 Å². The first kappa shape index (κ1) is 28.7. The summed E-state index contributed by atoms with van der Waals surface area (Å²) in [7, 11) is 0.680. The summed E-state index contributed by atoms with van der Waals surface area (Å²) in [5.41, 5.74) is 3.93. The van der Waals surface area contributed by atoms with E-state index in [4.69, 9.17) is 4.74 Å². The van der Waals surface area contributed by atoms with Crippen LogP contribution in [-0.4, -0.2) is 69.5 Å². The first-order chi connectivity index (χ1) is 18.1. The average Bonchev–Trinajstić information content (AvgIpc) is 3.34. The molecule has 2 unspecified atom stereocenters. The molecule has 208 valence electrons. The molecule has 0 radical (unpaired) electrons. The van der Waals surface area contributed by atoms with Crippen LogP contribution in [0.1, 0.15) is 60.4 Å². The van der Waals surface area contributed by atoms with Crippen molar-refractivity contribution in [2.24, 2.45) is 5.92 Å². The highest BCUT2D eigenvalue weighted by Gasteiger charge is 2.35. The lowest BCUT2D eigenvalue weighted by Crippen LogP contribution is -2.42. The lowest BCUT2D eigenvalue weighted by atomic mass is 9.78. The predicted molar refractivity (Wildman–Crippen MR) is 151 cm³/mol. The Morgan fingerprint density at radius 2 is 1.66 bits per heavy atom. The zero-order valence-corrected chi connectivity index (χ0v) is 24.3. The SMILES string of the molecule is Cc1cc(C)c(S(=O)(=O)N2CCC(OCC(=O)NC3CCC(C(c4ccccc4)N(C)C)CC3)C2)c(C)c1. The zero-order chi connectivity index (χ0) is 27.4. The van der Waals surface area contributed by atoms with Crippen LogP contribution in [0.2, 0.25) is 0 Å². The van der Waals surface area contributed by atoms with Gasteiger partial charge in [-0.2, -0.15) is 4.31 Å². The molecule has 4 rings (SSSR count). The van der Waals surface area contributed by atoms with Crippen molar-refractivity contribution < 1.29 is 17.9 Å². The fourth-order valence-electron chi connectivity index (χ4n) is 6.44. The summed E-state index contributed by atoms with van der Waals surface area (Å²) in [5.74, 6) is 0.441. The number of aryl methyl sites for hydroxylation is 3. The van der Waals surface area contributed by atoms with Crippen LogP contribution in [0.15, 0.2) is 47.4 Å². The second-order valence-corrected chi connectivity index (χ2v) is 13.2. The average molecular weight is 542 g/mol. The summed E-state index contributed by atoms with van der Waals surface area (Å²) in [6.07, 6.45) is 4.36. The lowest BCUT2D eigenvalue weighted by Gasteiger charge is -2.37. The minimum Gasteiger partial charge on any atom is -0.367 e. The van der Waals surface area contributed by atoms with Gasteiger partial charge in [0.25, 0.3) is 0 Å². The third-order valence-electron chi connectivity index (χ3n) is 8.04. The molecule has 2 aliphatic rings. The summed E-state index contributed by atoms with van der Waals surface area (Å²) >= 11 is 0. The van der Waals surface area contributed by atoms with Crippen molar-refractivity contribution in [1.29, 1.82) is 0 Å². The molecule has 7 nitrogen and oxygen atoms in total. The van der Waals surface area contributed by atoms with E-state index in [0.29, 0.717) is 29.8 Å². The molecule has 1 saturated heterocycles. The maximum atomic E-state index is 13.3. The van der Waals surface area contributed by atoms with Gasteiger partial charge in [0, 0.05) is 25.2 Å². The molecule has 2 fully saturated rings.